The molecule has 1 N–H and O–H groups in total. The van der Waals surface area contributed by atoms with Gasteiger partial charge in [-0.1, -0.05) is 36.4 Å². The fraction of sp³-hybridized carbons (Fsp3) is 0. The third kappa shape index (κ3) is 2.36. The van der Waals surface area contributed by atoms with Gasteiger partial charge in [-0.15, -0.1) is 0 Å². The monoisotopic (exact) mass is 305 g/mol. The molecule has 4 nitrogen and oxygen atoms in total. The fourth-order valence-electron chi connectivity index (χ4n) is 2.28. The van der Waals surface area contributed by atoms with E-state index in [1.807, 2.05) is 42.5 Å². The van der Waals surface area contributed by atoms with Crippen molar-refractivity contribution in [2.24, 2.45) is 0 Å². The fourth-order valence-corrected chi connectivity index (χ4v) is 2.58. The molecule has 106 valence electrons. The van der Waals surface area contributed by atoms with Gasteiger partial charge in [0.1, 0.15) is 11.6 Å². The van der Waals surface area contributed by atoms with Gasteiger partial charge in [-0.25, -0.2) is 0 Å². The quantitative estimate of drug-likeness (QED) is 0.582. The average molecular weight is 305 g/mol. The molecule has 0 saturated carbocycles. The van der Waals surface area contributed by atoms with Gasteiger partial charge in [0.05, 0.1) is 5.69 Å². The number of nitrogens with zero attached hydrogens (tertiary/aromatic N) is 2. The first-order valence-corrected chi connectivity index (χ1v) is 7.02. The van der Waals surface area contributed by atoms with E-state index in [1.54, 1.807) is 29.1 Å². The molecule has 0 saturated heterocycles. The molecule has 0 aliphatic heterocycles. The van der Waals surface area contributed by atoms with E-state index in [9.17, 15) is 10.1 Å². The number of nitrogens with one attached hydrogen (secondary N) is 1. The van der Waals surface area contributed by atoms with E-state index >= 15 is 0 Å². The average Bonchev–Trinajstić information content (AvgIpc) is 2.56. The normalized spacial score (nSPS) is 10.1. The number of hydrogen-bond donors (Lipinski definition) is 1. The maximum Gasteiger partial charge on any atom is 0.269 e. The lowest BCUT2D eigenvalue weighted by Crippen LogP contribution is -2.38. The van der Waals surface area contributed by atoms with Crippen LogP contribution in [-0.2, 0) is 12.6 Å². The Hall–Kier alpha value is -2.97. The molecule has 3 aromatic rings. The van der Waals surface area contributed by atoms with Gasteiger partial charge in [-0.2, -0.15) is 9.83 Å². The van der Waals surface area contributed by atoms with Crippen LogP contribution in [0.3, 0.4) is 0 Å². The second-order valence-corrected chi connectivity index (χ2v) is 5.05. The summed E-state index contributed by atoms with van der Waals surface area (Å²) in [6, 6.07) is 16.7. The van der Waals surface area contributed by atoms with Crippen LogP contribution in [0.5, 0.6) is 0 Å². The van der Waals surface area contributed by atoms with Crippen molar-refractivity contribution in [1.82, 2.24) is 4.98 Å². The Labute approximate surface area is 132 Å². The lowest BCUT2D eigenvalue weighted by molar-refractivity contribution is -0.599. The van der Waals surface area contributed by atoms with E-state index in [4.69, 9.17) is 12.6 Å². The van der Waals surface area contributed by atoms with E-state index in [2.05, 4.69) is 4.98 Å². The van der Waals surface area contributed by atoms with Crippen molar-refractivity contribution in [3.8, 4) is 23.0 Å². The molecule has 2 aromatic heterocycles. The van der Waals surface area contributed by atoms with Gasteiger partial charge < -0.3 is 17.6 Å². The smallest absolute Gasteiger partial charge is 0.269 e. The Morgan fingerprint density at radius 1 is 1.05 bits per heavy atom. The highest BCUT2D eigenvalue weighted by atomic mass is 32.1. The van der Waals surface area contributed by atoms with Crippen LogP contribution < -0.4 is 10.00 Å². The molecule has 22 heavy (non-hydrogen) atoms. The van der Waals surface area contributed by atoms with Gasteiger partial charge in [0.25, 0.3) is 11.1 Å². The van der Waals surface area contributed by atoms with E-state index in [0.29, 0.717) is 10.7 Å². The first-order chi connectivity index (χ1) is 10.7. The predicted octanol–water partition coefficient (Wildman–Crippen LogP) is 2.10. The molecule has 0 radical (unpaired) electrons. The minimum absolute atomic E-state index is 0.0613. The molecule has 0 spiro atoms. The third-order valence-corrected chi connectivity index (χ3v) is 3.59. The summed E-state index contributed by atoms with van der Waals surface area (Å²) < 4.78 is 1.62. The van der Waals surface area contributed by atoms with Crippen molar-refractivity contribution in [2.75, 3.05) is 0 Å². The van der Waals surface area contributed by atoms with Crippen molar-refractivity contribution in [2.45, 2.75) is 5.03 Å². The number of H-pyrrole nitrogens is 1. The first-order valence-electron chi connectivity index (χ1n) is 6.62. The molecule has 1 aromatic carbocycles. The van der Waals surface area contributed by atoms with Crippen LogP contribution in [0, 0.1) is 11.3 Å². The molecule has 0 amide bonds. The minimum Gasteiger partial charge on any atom is -0.756 e. The zero-order chi connectivity index (χ0) is 15.5. The number of aromatic nitrogens is 2. The zero-order valence-corrected chi connectivity index (χ0v) is 12.3. The van der Waals surface area contributed by atoms with Crippen molar-refractivity contribution in [3.05, 3.63) is 76.7 Å². The number of aromatic amines is 1. The summed E-state index contributed by atoms with van der Waals surface area (Å²) in [7, 11) is 0. The molecule has 0 fully saturated rings. The van der Waals surface area contributed by atoms with Crippen molar-refractivity contribution >= 4 is 12.6 Å². The van der Waals surface area contributed by atoms with Crippen LogP contribution >= 0.6 is 0 Å². The number of benzene rings is 1. The largest absolute Gasteiger partial charge is 0.756 e. The summed E-state index contributed by atoms with van der Waals surface area (Å²) in [5.74, 6) is 0. The summed E-state index contributed by atoms with van der Waals surface area (Å²) in [6.45, 7) is 0. The van der Waals surface area contributed by atoms with Gasteiger partial charge in [-0.05, 0) is 10.6 Å². The molecule has 5 heteroatoms. The highest BCUT2D eigenvalue weighted by molar-refractivity contribution is 7.58. The predicted molar refractivity (Wildman–Crippen MR) is 84.4 cm³/mol. The standard InChI is InChI=1S/C17H11N3OS/c18-11-13-14(12-7-3-1-4-8-12)19-17(22)15(16(13)21)20-9-5-2-6-10-20/h1-10H,(H-,19,21,22). The Balaban J connectivity index is 2.31. The summed E-state index contributed by atoms with van der Waals surface area (Å²) in [5.41, 5.74) is 1.18. The van der Waals surface area contributed by atoms with Crippen molar-refractivity contribution in [3.63, 3.8) is 0 Å². The zero-order valence-electron chi connectivity index (χ0n) is 11.5. The topological polar surface area (TPSA) is 60.5 Å². The molecule has 0 unspecified atom stereocenters. The minimum atomic E-state index is -0.374. The summed E-state index contributed by atoms with van der Waals surface area (Å²) in [5, 5.41) is 9.71. The van der Waals surface area contributed by atoms with Crippen molar-refractivity contribution < 1.29 is 4.57 Å². The lowest BCUT2D eigenvalue weighted by Gasteiger charge is -2.13. The van der Waals surface area contributed by atoms with Gasteiger partial charge >= 0.3 is 0 Å². The third-order valence-electron chi connectivity index (χ3n) is 3.29. The molecule has 2 heterocycles. The van der Waals surface area contributed by atoms with E-state index in [0.717, 1.165) is 5.56 Å². The lowest BCUT2D eigenvalue weighted by atomic mass is 10.1. The Bertz CT molecular complexity index is 912. The summed E-state index contributed by atoms with van der Waals surface area (Å²) >= 11 is 5.33. The van der Waals surface area contributed by atoms with Gasteiger partial charge in [-0.3, -0.25) is 4.79 Å². The van der Waals surface area contributed by atoms with Gasteiger partial charge in [0, 0.05) is 12.1 Å². The Morgan fingerprint density at radius 2 is 1.68 bits per heavy atom. The van der Waals surface area contributed by atoms with E-state index in [-0.39, 0.29) is 16.7 Å². The second kappa shape index (κ2) is 5.80. The number of rotatable bonds is 2. The Kier molecular flexibility index (Phi) is 3.69. The second-order valence-electron chi connectivity index (χ2n) is 4.64. The highest BCUT2D eigenvalue weighted by Gasteiger charge is 2.19. The molecular weight excluding hydrogens is 294 g/mol. The van der Waals surface area contributed by atoms with Crippen molar-refractivity contribution in [1.29, 1.82) is 5.26 Å². The first kappa shape index (κ1) is 14.0. The van der Waals surface area contributed by atoms with Crippen LogP contribution in [0.25, 0.3) is 16.9 Å². The van der Waals surface area contributed by atoms with E-state index in [1.165, 1.54) is 0 Å². The van der Waals surface area contributed by atoms with E-state index < -0.39 is 0 Å². The SMILES string of the molecule is N#Cc1c(-c2ccccc2)[nH]c([S-])c(-[n+]2ccccc2)c1=O. The number of hydrogen-bond acceptors (Lipinski definition) is 3. The molecule has 0 aliphatic carbocycles. The van der Waals surface area contributed by atoms with Gasteiger partial charge in [0.15, 0.2) is 12.4 Å². The summed E-state index contributed by atoms with van der Waals surface area (Å²) in [4.78, 5) is 15.7. The molecule has 0 aliphatic rings. The number of pyridine rings is 2. The van der Waals surface area contributed by atoms with Crippen LogP contribution in [0.1, 0.15) is 5.56 Å². The van der Waals surface area contributed by atoms with Crippen LogP contribution in [0.2, 0.25) is 0 Å². The molecule has 0 bridgehead atoms. The van der Waals surface area contributed by atoms with Crippen LogP contribution in [-0.4, -0.2) is 4.98 Å². The number of nitriles is 1. The van der Waals surface area contributed by atoms with Crippen LogP contribution in [0.15, 0.2) is 70.7 Å². The Morgan fingerprint density at radius 3 is 2.32 bits per heavy atom. The van der Waals surface area contributed by atoms with Gasteiger partial charge in [0.2, 0.25) is 0 Å². The maximum atomic E-state index is 12.7. The molecule has 0 atom stereocenters. The summed E-state index contributed by atoms with van der Waals surface area (Å²) in [6.07, 6.45) is 3.45. The maximum absolute atomic E-state index is 12.7. The van der Waals surface area contributed by atoms with Crippen LogP contribution in [0.4, 0.5) is 0 Å². The molecular formula is C17H11N3OS. The molecule has 3 rings (SSSR count). The highest BCUT2D eigenvalue weighted by Crippen LogP contribution is 2.20.